The first kappa shape index (κ1) is 35.6. The van der Waals surface area contributed by atoms with Crippen LogP contribution in [-0.2, 0) is 25.5 Å². The number of benzene rings is 2. The molecule has 0 amide bonds. The first-order chi connectivity index (χ1) is 23.4. The normalized spacial score (nSPS) is 15.7. The molecule has 2 heterocycles. The summed E-state index contributed by atoms with van der Waals surface area (Å²) in [5.74, 6) is 0.112. The Morgan fingerprint density at radius 2 is 1.76 bits per heavy atom. The van der Waals surface area contributed by atoms with E-state index in [2.05, 4.69) is 44.2 Å². The van der Waals surface area contributed by atoms with Crippen molar-refractivity contribution in [1.82, 2.24) is 9.88 Å². The summed E-state index contributed by atoms with van der Waals surface area (Å²) in [6.07, 6.45) is 3.13. The predicted octanol–water partition coefficient (Wildman–Crippen LogP) is 8.16. The van der Waals surface area contributed by atoms with Gasteiger partial charge in [-0.15, -0.1) is 0 Å². The van der Waals surface area contributed by atoms with Gasteiger partial charge in [0.2, 0.25) is 5.88 Å². The lowest BCUT2D eigenvalue weighted by Crippen LogP contribution is -2.36. The fraction of sp³-hybridized carbons (Fsp3) is 0.410. The summed E-state index contributed by atoms with van der Waals surface area (Å²) in [5, 5.41) is 0. The second kappa shape index (κ2) is 15.2. The van der Waals surface area contributed by atoms with Gasteiger partial charge in [0.1, 0.15) is 17.3 Å². The van der Waals surface area contributed by atoms with Crippen LogP contribution in [-0.4, -0.2) is 47.6 Å². The number of hydrogen-bond donors (Lipinski definition) is 0. The number of pyridine rings is 1. The molecule has 5 rings (SSSR count). The van der Waals surface area contributed by atoms with Crippen molar-refractivity contribution in [3.8, 4) is 22.8 Å². The maximum atomic E-state index is 15.1. The Hall–Kier alpha value is -4.70. The van der Waals surface area contributed by atoms with Crippen LogP contribution >= 0.6 is 0 Å². The zero-order valence-electron chi connectivity index (χ0n) is 29.2. The summed E-state index contributed by atoms with van der Waals surface area (Å²) in [6.45, 7) is 16.1. The molecule has 0 spiro atoms. The van der Waals surface area contributed by atoms with Gasteiger partial charge in [0.15, 0.2) is 12.4 Å². The van der Waals surface area contributed by atoms with Gasteiger partial charge in [-0.2, -0.15) is 0 Å². The van der Waals surface area contributed by atoms with Crippen LogP contribution in [0.15, 0.2) is 78.8 Å². The van der Waals surface area contributed by atoms with Gasteiger partial charge < -0.3 is 23.7 Å². The minimum absolute atomic E-state index is 0.0444. The highest BCUT2D eigenvalue weighted by atomic mass is 19.1. The average molecular weight is 673 g/mol. The van der Waals surface area contributed by atoms with E-state index in [0.29, 0.717) is 52.3 Å². The predicted molar refractivity (Wildman–Crippen MR) is 183 cm³/mol. The molecule has 260 valence electrons. The Balaban J connectivity index is 1.37. The van der Waals surface area contributed by atoms with E-state index in [1.54, 1.807) is 37.3 Å². The standard InChI is InChI=1S/C39H45FN2O7/c1-22(2)42(23(3)4)20-30-16-29(14-15-32(30)33-18-36(45-8)41-19-34(33)40)39(44)49-31-11-9-10-28(17-31)37(27-12-13-27)24(5)38(43)46-21-35-25(6)47-26(7)48-35/h9-11,14-19,22-24,27,37H,7,12-13,20-21H2,1-6,8H3/t24-,37-/m0/s1. The number of carbonyl (C=O) groups excluding carboxylic acids is 2. The molecule has 2 atom stereocenters. The van der Waals surface area contributed by atoms with E-state index in [9.17, 15) is 9.59 Å². The number of nitrogens with zero attached hydrogens (tertiary/aromatic N) is 2. The lowest BCUT2D eigenvalue weighted by Gasteiger charge is -2.31. The van der Waals surface area contributed by atoms with Gasteiger partial charge >= 0.3 is 11.9 Å². The highest BCUT2D eigenvalue weighted by Crippen LogP contribution is 2.47. The summed E-state index contributed by atoms with van der Waals surface area (Å²) in [5.41, 5.74) is 2.97. The Labute approximate surface area is 287 Å². The largest absolute Gasteiger partial charge is 0.481 e. The molecule has 0 N–H and O–H groups in total. The van der Waals surface area contributed by atoms with E-state index < -0.39 is 17.7 Å². The molecule has 0 saturated heterocycles. The third-order valence-corrected chi connectivity index (χ3v) is 9.09. The second-order valence-corrected chi connectivity index (χ2v) is 13.2. The Kier molecular flexibility index (Phi) is 11.1. The second-order valence-electron chi connectivity index (χ2n) is 13.2. The number of allylic oxidation sites excluding steroid dienone is 1. The van der Waals surface area contributed by atoms with Crippen LogP contribution in [0.4, 0.5) is 4.39 Å². The maximum Gasteiger partial charge on any atom is 0.343 e. The van der Waals surface area contributed by atoms with Crippen molar-refractivity contribution in [2.45, 2.75) is 78.9 Å². The van der Waals surface area contributed by atoms with Crippen LogP contribution in [0.2, 0.25) is 0 Å². The number of carbonyl (C=O) groups is 2. The summed E-state index contributed by atoms with van der Waals surface area (Å²) in [6, 6.07) is 14.4. The highest BCUT2D eigenvalue weighted by Gasteiger charge is 2.39. The molecule has 0 unspecified atom stereocenters. The molecule has 2 aliphatic rings. The molecule has 1 aliphatic carbocycles. The molecule has 0 radical (unpaired) electrons. The third kappa shape index (κ3) is 8.48. The average Bonchev–Trinajstić information content (AvgIpc) is 3.84. The van der Waals surface area contributed by atoms with Gasteiger partial charge in [-0.1, -0.05) is 25.1 Å². The summed E-state index contributed by atoms with van der Waals surface area (Å²) >= 11 is 0. The van der Waals surface area contributed by atoms with Crippen molar-refractivity contribution in [2.75, 3.05) is 13.7 Å². The van der Waals surface area contributed by atoms with Gasteiger partial charge in [-0.3, -0.25) is 9.69 Å². The Morgan fingerprint density at radius 3 is 2.39 bits per heavy atom. The maximum absolute atomic E-state index is 15.1. The summed E-state index contributed by atoms with van der Waals surface area (Å²) in [4.78, 5) is 33.0. The molecule has 0 bridgehead atoms. The van der Waals surface area contributed by atoms with Gasteiger partial charge in [0, 0.05) is 30.3 Å². The number of methoxy groups -OCH3 is 1. The number of aromatic nitrogens is 1. The minimum Gasteiger partial charge on any atom is -0.481 e. The van der Waals surface area contributed by atoms with Crippen molar-refractivity contribution in [3.63, 3.8) is 0 Å². The minimum atomic E-state index is -0.544. The van der Waals surface area contributed by atoms with Crippen LogP contribution in [0.5, 0.6) is 11.6 Å². The van der Waals surface area contributed by atoms with E-state index in [1.807, 2.05) is 25.1 Å². The Morgan fingerprint density at radius 1 is 1.02 bits per heavy atom. The number of esters is 2. The molecule has 1 aliphatic heterocycles. The van der Waals surface area contributed by atoms with Crippen molar-refractivity contribution in [1.29, 1.82) is 0 Å². The number of halogens is 1. The van der Waals surface area contributed by atoms with Gasteiger partial charge in [0.25, 0.3) is 5.95 Å². The van der Waals surface area contributed by atoms with Crippen molar-refractivity contribution >= 4 is 11.9 Å². The number of rotatable bonds is 14. The molecule has 49 heavy (non-hydrogen) atoms. The van der Waals surface area contributed by atoms with E-state index >= 15 is 4.39 Å². The monoisotopic (exact) mass is 672 g/mol. The van der Waals surface area contributed by atoms with E-state index in [-0.39, 0.29) is 36.5 Å². The molecule has 1 fully saturated rings. The molecule has 1 aromatic heterocycles. The van der Waals surface area contributed by atoms with Crippen LogP contribution in [0.25, 0.3) is 11.1 Å². The quantitative estimate of drug-likeness (QED) is 0.124. The zero-order valence-corrected chi connectivity index (χ0v) is 29.2. The van der Waals surface area contributed by atoms with Crippen LogP contribution in [0.1, 0.15) is 81.8 Å². The van der Waals surface area contributed by atoms with Crippen LogP contribution < -0.4 is 9.47 Å². The SMILES string of the molecule is C=C1OC(C)=C(COC(=O)[C@@H](C)[C@H](c2cccc(OC(=O)c3ccc(-c4cc(OC)ncc4F)c(CN(C(C)C)C(C)C)c3)c2)C2CC2)O1. The van der Waals surface area contributed by atoms with E-state index in [1.165, 1.54) is 7.11 Å². The topological polar surface area (TPSA) is 96.4 Å². The molecule has 3 aromatic rings. The van der Waals surface area contributed by atoms with Crippen molar-refractivity contribution in [3.05, 3.63) is 101 Å². The van der Waals surface area contributed by atoms with Crippen LogP contribution in [0.3, 0.4) is 0 Å². The molecule has 9 nitrogen and oxygen atoms in total. The van der Waals surface area contributed by atoms with E-state index in [4.69, 9.17) is 23.7 Å². The van der Waals surface area contributed by atoms with Gasteiger partial charge in [-0.05, 0) is 107 Å². The summed E-state index contributed by atoms with van der Waals surface area (Å²) in [7, 11) is 1.48. The molecule has 1 saturated carbocycles. The highest BCUT2D eigenvalue weighted by molar-refractivity contribution is 5.92. The van der Waals surface area contributed by atoms with Gasteiger partial charge in [-0.25, -0.2) is 14.2 Å². The fourth-order valence-corrected chi connectivity index (χ4v) is 6.39. The molecular formula is C39H45FN2O7. The van der Waals surface area contributed by atoms with Crippen molar-refractivity contribution < 1.29 is 37.7 Å². The molecule has 10 heteroatoms. The number of hydrogen-bond acceptors (Lipinski definition) is 9. The third-order valence-electron chi connectivity index (χ3n) is 9.09. The van der Waals surface area contributed by atoms with Crippen LogP contribution in [0, 0.1) is 17.7 Å². The number of ether oxygens (including phenoxy) is 5. The smallest absolute Gasteiger partial charge is 0.343 e. The van der Waals surface area contributed by atoms with E-state index in [0.717, 1.165) is 30.2 Å². The van der Waals surface area contributed by atoms with Crippen molar-refractivity contribution in [2.24, 2.45) is 11.8 Å². The van der Waals surface area contributed by atoms with Gasteiger partial charge in [0.05, 0.1) is 24.8 Å². The first-order valence-electron chi connectivity index (χ1n) is 16.7. The zero-order chi connectivity index (χ0) is 35.4. The lowest BCUT2D eigenvalue weighted by molar-refractivity contribution is -0.148. The lowest BCUT2D eigenvalue weighted by atomic mass is 9.83. The Bertz CT molecular complexity index is 1740. The molecule has 2 aromatic carbocycles. The first-order valence-corrected chi connectivity index (χ1v) is 16.7. The molecular weight excluding hydrogens is 627 g/mol. The fourth-order valence-electron chi connectivity index (χ4n) is 6.39. The summed E-state index contributed by atoms with van der Waals surface area (Å²) < 4.78 is 42.6.